The van der Waals surface area contributed by atoms with Gasteiger partial charge in [0.05, 0.1) is 10.8 Å². The molecule has 2 unspecified atom stereocenters. The second-order valence-electron chi connectivity index (χ2n) is 10.2. The van der Waals surface area contributed by atoms with Crippen molar-refractivity contribution in [3.05, 3.63) is 59.7 Å². The van der Waals surface area contributed by atoms with Crippen molar-refractivity contribution in [3.8, 4) is 11.1 Å². The van der Waals surface area contributed by atoms with Crippen molar-refractivity contribution in [1.82, 2.24) is 10.2 Å². The Kier molecular flexibility index (Phi) is 5.32. The highest BCUT2D eigenvalue weighted by Gasteiger charge is 2.67. The zero-order valence-electron chi connectivity index (χ0n) is 19.5. The van der Waals surface area contributed by atoms with Gasteiger partial charge >= 0.3 is 12.1 Å². The molecule has 7 nitrogen and oxygen atoms in total. The van der Waals surface area contributed by atoms with Gasteiger partial charge in [0.25, 0.3) is 0 Å². The zero-order valence-corrected chi connectivity index (χ0v) is 20.3. The van der Waals surface area contributed by atoms with E-state index in [9.17, 15) is 19.5 Å². The highest BCUT2D eigenvalue weighted by molar-refractivity contribution is 8.00. The third-order valence-electron chi connectivity index (χ3n) is 8.25. The van der Waals surface area contributed by atoms with Crippen molar-refractivity contribution in [2.24, 2.45) is 11.3 Å². The zero-order chi connectivity index (χ0) is 24.3. The summed E-state index contributed by atoms with van der Waals surface area (Å²) in [6.45, 7) is 2.14. The number of hydrogen-bond donors (Lipinski definition) is 2. The molecule has 35 heavy (non-hydrogen) atoms. The summed E-state index contributed by atoms with van der Waals surface area (Å²) >= 11 is 1.50. The fraction of sp³-hybridized carbons (Fsp3) is 0.444. The molecule has 3 aliphatic carbocycles. The van der Waals surface area contributed by atoms with Crippen LogP contribution in [0.25, 0.3) is 11.1 Å². The number of aliphatic carboxylic acids is 1. The number of rotatable bonds is 5. The summed E-state index contributed by atoms with van der Waals surface area (Å²) in [6, 6.07) is 15.5. The third kappa shape index (κ3) is 3.61. The molecule has 2 amide bonds. The minimum Gasteiger partial charge on any atom is -0.480 e. The first kappa shape index (κ1) is 22.5. The van der Waals surface area contributed by atoms with Crippen LogP contribution in [-0.2, 0) is 14.3 Å². The topological polar surface area (TPSA) is 95.9 Å². The molecule has 1 saturated heterocycles. The minimum absolute atomic E-state index is 0.000146. The maximum absolute atomic E-state index is 13.4. The van der Waals surface area contributed by atoms with Gasteiger partial charge in [-0.1, -0.05) is 48.5 Å². The molecule has 6 rings (SSSR count). The molecule has 8 heteroatoms. The van der Waals surface area contributed by atoms with Gasteiger partial charge in [-0.25, -0.2) is 9.59 Å². The van der Waals surface area contributed by atoms with E-state index in [1.54, 1.807) is 4.90 Å². The number of carboxylic acids is 1. The van der Waals surface area contributed by atoms with Gasteiger partial charge in [0.1, 0.15) is 12.6 Å². The lowest BCUT2D eigenvalue weighted by molar-refractivity contribution is -0.151. The third-order valence-corrected chi connectivity index (χ3v) is 9.46. The first-order valence-electron chi connectivity index (χ1n) is 12.2. The van der Waals surface area contributed by atoms with Crippen molar-refractivity contribution >= 4 is 29.7 Å². The van der Waals surface area contributed by atoms with Gasteiger partial charge in [-0.2, -0.15) is 0 Å². The first-order valence-corrected chi connectivity index (χ1v) is 13.2. The maximum Gasteiger partial charge on any atom is 0.407 e. The standard InChI is InChI=1S/C27H28N2O5S/c1-15-29(23(14-35-15)24(30)31)25(32)27-11-16(27)10-17(12-27)28-26(33)34-13-22-20-8-4-2-6-18(20)19-7-3-5-9-21(19)22/h2-9,15-17,22-23H,10-14H2,1H3,(H,28,33)(H,30,31)/t15?,16-,17+,23?,27+/m1/s1. The number of hydrogen-bond acceptors (Lipinski definition) is 5. The molecule has 0 radical (unpaired) electrons. The fourth-order valence-corrected chi connectivity index (χ4v) is 7.64. The largest absolute Gasteiger partial charge is 0.480 e. The van der Waals surface area contributed by atoms with Crippen LogP contribution in [-0.4, -0.2) is 57.8 Å². The number of carbonyl (C=O) groups is 3. The number of benzene rings is 2. The molecule has 4 aliphatic rings. The van der Waals surface area contributed by atoms with E-state index in [2.05, 4.69) is 29.6 Å². The van der Waals surface area contributed by atoms with Crippen molar-refractivity contribution in [2.75, 3.05) is 12.4 Å². The Morgan fingerprint density at radius 2 is 1.74 bits per heavy atom. The summed E-state index contributed by atoms with van der Waals surface area (Å²) in [5.41, 5.74) is 4.16. The van der Waals surface area contributed by atoms with Crippen molar-refractivity contribution < 1.29 is 24.2 Å². The number of nitrogens with one attached hydrogen (secondary N) is 1. The number of carbonyl (C=O) groups excluding carboxylic acids is 2. The Morgan fingerprint density at radius 1 is 1.09 bits per heavy atom. The highest BCUT2D eigenvalue weighted by Crippen LogP contribution is 2.65. The van der Waals surface area contributed by atoms with E-state index in [4.69, 9.17) is 4.74 Å². The SMILES string of the molecule is CC1SCC(C(=O)O)N1C(=O)[C@@]12C[C@@H](NC(=O)OCC3c4ccccc4-c4ccccc43)C[C@@H]1C2. The monoisotopic (exact) mass is 492 g/mol. The Morgan fingerprint density at radius 3 is 2.40 bits per heavy atom. The lowest BCUT2D eigenvalue weighted by Gasteiger charge is -2.29. The summed E-state index contributed by atoms with van der Waals surface area (Å²) in [4.78, 5) is 39.3. The maximum atomic E-state index is 13.4. The van der Waals surface area contributed by atoms with Crippen molar-refractivity contribution in [2.45, 2.75) is 49.6 Å². The van der Waals surface area contributed by atoms with E-state index < -0.39 is 23.5 Å². The number of ether oxygens (including phenoxy) is 1. The number of alkyl carbamates (subject to hydrolysis) is 1. The van der Waals surface area contributed by atoms with Crippen molar-refractivity contribution in [3.63, 3.8) is 0 Å². The normalized spacial score (nSPS) is 30.4. The average Bonchev–Trinajstić information content (AvgIpc) is 3.12. The van der Waals surface area contributed by atoms with Crippen LogP contribution in [0.4, 0.5) is 4.79 Å². The number of thioether (sulfide) groups is 1. The molecular formula is C27H28N2O5S. The molecule has 0 spiro atoms. The van der Waals surface area contributed by atoms with Gasteiger partial charge in [0.15, 0.2) is 0 Å². The van der Waals surface area contributed by atoms with Crippen LogP contribution < -0.4 is 5.32 Å². The Bertz CT molecular complexity index is 1170. The van der Waals surface area contributed by atoms with E-state index in [0.29, 0.717) is 12.2 Å². The number of fused-ring (bicyclic) bond motifs is 4. The predicted molar refractivity (Wildman–Crippen MR) is 132 cm³/mol. The second kappa shape index (κ2) is 8.29. The molecule has 2 aromatic carbocycles. The van der Waals surface area contributed by atoms with E-state index >= 15 is 0 Å². The summed E-state index contributed by atoms with van der Waals surface area (Å²) in [7, 11) is 0. The van der Waals surface area contributed by atoms with E-state index in [1.165, 1.54) is 34.0 Å². The smallest absolute Gasteiger partial charge is 0.407 e. The lowest BCUT2D eigenvalue weighted by atomic mass is 9.98. The molecule has 2 N–H and O–H groups in total. The van der Waals surface area contributed by atoms with Crippen LogP contribution in [0.1, 0.15) is 43.2 Å². The Hall–Kier alpha value is -3.00. The van der Waals surface area contributed by atoms with Crippen LogP contribution in [0.2, 0.25) is 0 Å². The summed E-state index contributed by atoms with van der Waals surface area (Å²) in [5.74, 6) is -0.398. The van der Waals surface area contributed by atoms with Gasteiger partial charge in [-0.05, 0) is 54.4 Å². The summed E-state index contributed by atoms with van der Waals surface area (Å²) < 4.78 is 5.68. The molecule has 2 saturated carbocycles. The van der Waals surface area contributed by atoms with Crippen LogP contribution in [0.5, 0.6) is 0 Å². The van der Waals surface area contributed by atoms with Gasteiger partial charge in [0.2, 0.25) is 5.91 Å². The predicted octanol–water partition coefficient (Wildman–Crippen LogP) is 4.07. The molecule has 0 aromatic heterocycles. The van der Waals surface area contributed by atoms with Gasteiger partial charge < -0.3 is 20.1 Å². The van der Waals surface area contributed by atoms with Gasteiger partial charge in [-0.3, -0.25) is 4.79 Å². The van der Waals surface area contributed by atoms with Crippen molar-refractivity contribution in [1.29, 1.82) is 0 Å². The lowest BCUT2D eigenvalue weighted by Crippen LogP contribution is -2.48. The number of nitrogens with zero attached hydrogens (tertiary/aromatic N) is 1. The molecule has 0 bridgehead atoms. The molecular weight excluding hydrogens is 464 g/mol. The summed E-state index contributed by atoms with van der Waals surface area (Å²) in [5, 5.41) is 12.4. The quantitative estimate of drug-likeness (QED) is 0.653. The molecule has 182 valence electrons. The first-order chi connectivity index (χ1) is 16.9. The molecule has 2 aromatic rings. The molecule has 5 atom stereocenters. The van der Waals surface area contributed by atoms with Crippen LogP contribution in [0, 0.1) is 11.3 Å². The number of carboxylic acid groups (broad SMARTS) is 1. The van der Waals surface area contributed by atoms with Crippen LogP contribution >= 0.6 is 11.8 Å². The minimum atomic E-state index is -0.949. The van der Waals surface area contributed by atoms with E-state index in [-0.39, 0.29) is 35.8 Å². The van der Waals surface area contributed by atoms with Gasteiger partial charge in [0, 0.05) is 17.7 Å². The Labute approximate surface area is 208 Å². The average molecular weight is 493 g/mol. The fourth-order valence-electron chi connectivity index (χ4n) is 6.47. The Balaban J connectivity index is 1.08. The second-order valence-corrected chi connectivity index (χ2v) is 11.5. The van der Waals surface area contributed by atoms with E-state index in [1.807, 2.05) is 31.2 Å². The summed E-state index contributed by atoms with van der Waals surface area (Å²) in [6.07, 6.45) is 1.58. The highest BCUT2D eigenvalue weighted by atomic mass is 32.2. The van der Waals surface area contributed by atoms with E-state index in [0.717, 1.165) is 12.8 Å². The number of amides is 2. The van der Waals surface area contributed by atoms with Crippen LogP contribution in [0.15, 0.2) is 48.5 Å². The van der Waals surface area contributed by atoms with Crippen LogP contribution in [0.3, 0.4) is 0 Å². The molecule has 1 aliphatic heterocycles. The molecule has 1 heterocycles. The van der Waals surface area contributed by atoms with Gasteiger partial charge in [-0.15, -0.1) is 11.8 Å². The molecule has 3 fully saturated rings.